The Kier molecular flexibility index (Phi) is 3.70. The summed E-state index contributed by atoms with van der Waals surface area (Å²) in [6, 6.07) is 7.97. The van der Waals surface area contributed by atoms with Crippen LogP contribution >= 0.6 is 0 Å². The van der Waals surface area contributed by atoms with Gasteiger partial charge in [-0.1, -0.05) is 17.3 Å². The molecular formula is C15H19N5O. The number of hydrogen-bond acceptors (Lipinski definition) is 4. The molecule has 0 spiro atoms. The number of likely N-dealkylation sites (tertiary alicyclic amines) is 1. The lowest BCUT2D eigenvalue weighted by Crippen LogP contribution is -2.45. The second-order valence-corrected chi connectivity index (χ2v) is 5.54. The highest BCUT2D eigenvalue weighted by Gasteiger charge is 2.24. The molecule has 0 bridgehead atoms. The molecule has 6 heteroatoms. The third kappa shape index (κ3) is 2.95. The monoisotopic (exact) mass is 285 g/mol. The molecule has 2 aromatic rings. The predicted molar refractivity (Wildman–Crippen MR) is 79.2 cm³/mol. The Labute approximate surface area is 123 Å². The maximum atomic E-state index is 12.4. The molecule has 0 saturated carbocycles. The fourth-order valence-electron chi connectivity index (χ4n) is 2.61. The van der Waals surface area contributed by atoms with Crippen molar-refractivity contribution < 1.29 is 4.79 Å². The van der Waals surface area contributed by atoms with Crippen molar-refractivity contribution in [3.8, 4) is 5.69 Å². The van der Waals surface area contributed by atoms with Crippen LogP contribution in [0.1, 0.15) is 28.9 Å². The zero-order chi connectivity index (χ0) is 14.8. The van der Waals surface area contributed by atoms with Crippen molar-refractivity contribution in [2.75, 3.05) is 13.1 Å². The molecule has 1 atom stereocenters. The summed E-state index contributed by atoms with van der Waals surface area (Å²) < 4.78 is 1.63. The van der Waals surface area contributed by atoms with Crippen molar-refractivity contribution in [3.63, 3.8) is 0 Å². The second-order valence-electron chi connectivity index (χ2n) is 5.54. The lowest BCUT2D eigenvalue weighted by molar-refractivity contribution is 0.0702. The van der Waals surface area contributed by atoms with Crippen LogP contribution in [0.5, 0.6) is 0 Å². The van der Waals surface area contributed by atoms with E-state index in [0.29, 0.717) is 12.2 Å². The van der Waals surface area contributed by atoms with E-state index in [1.165, 1.54) is 0 Å². The minimum absolute atomic E-state index is 0.0644. The first kappa shape index (κ1) is 13.8. The van der Waals surface area contributed by atoms with Gasteiger partial charge >= 0.3 is 0 Å². The number of carbonyl (C=O) groups excluding carboxylic acids is 1. The van der Waals surface area contributed by atoms with E-state index in [4.69, 9.17) is 5.73 Å². The standard InChI is InChI=1S/C15H19N5O/c1-11-4-2-6-13(8-11)20-10-14(17-18-20)15(21)19-7-3-5-12(16)9-19/h2,4,6,8,10,12H,3,5,7,9,16H2,1H3/t12-/m0/s1. The number of nitrogens with two attached hydrogens (primary N) is 1. The molecule has 3 rings (SSSR count). The van der Waals surface area contributed by atoms with Gasteiger partial charge in [0.05, 0.1) is 11.9 Å². The largest absolute Gasteiger partial charge is 0.336 e. The lowest BCUT2D eigenvalue weighted by Gasteiger charge is -2.29. The maximum absolute atomic E-state index is 12.4. The van der Waals surface area contributed by atoms with Crippen LogP contribution in [-0.4, -0.2) is 44.9 Å². The molecule has 2 heterocycles. The number of rotatable bonds is 2. The van der Waals surface area contributed by atoms with E-state index in [0.717, 1.165) is 30.6 Å². The van der Waals surface area contributed by atoms with Gasteiger partial charge in [0.15, 0.2) is 5.69 Å². The van der Waals surface area contributed by atoms with Crippen molar-refractivity contribution >= 4 is 5.91 Å². The highest BCUT2D eigenvalue weighted by atomic mass is 16.2. The summed E-state index contributed by atoms with van der Waals surface area (Å²) in [5.74, 6) is -0.0935. The molecule has 110 valence electrons. The molecule has 1 fully saturated rings. The van der Waals surface area contributed by atoms with Crippen LogP contribution in [0, 0.1) is 6.92 Å². The third-order valence-corrected chi connectivity index (χ3v) is 3.72. The molecule has 1 aromatic carbocycles. The smallest absolute Gasteiger partial charge is 0.276 e. The average molecular weight is 285 g/mol. The lowest BCUT2D eigenvalue weighted by atomic mass is 10.1. The van der Waals surface area contributed by atoms with E-state index in [2.05, 4.69) is 10.3 Å². The van der Waals surface area contributed by atoms with E-state index < -0.39 is 0 Å². The van der Waals surface area contributed by atoms with Gasteiger partial charge in [0.25, 0.3) is 5.91 Å². The molecule has 1 amide bonds. The Hall–Kier alpha value is -2.21. The Balaban J connectivity index is 1.80. The average Bonchev–Trinajstić information content (AvgIpc) is 2.96. The maximum Gasteiger partial charge on any atom is 0.276 e. The summed E-state index contributed by atoms with van der Waals surface area (Å²) in [6.45, 7) is 3.35. The first-order chi connectivity index (χ1) is 10.1. The Bertz CT molecular complexity index is 651. The second kappa shape index (κ2) is 5.65. The normalized spacial score (nSPS) is 18.8. The van der Waals surface area contributed by atoms with Crippen LogP contribution in [0.2, 0.25) is 0 Å². The van der Waals surface area contributed by atoms with Crippen LogP contribution < -0.4 is 5.73 Å². The first-order valence-corrected chi connectivity index (χ1v) is 7.18. The number of piperidine rings is 1. The van der Waals surface area contributed by atoms with Gasteiger partial charge < -0.3 is 10.6 Å². The zero-order valence-corrected chi connectivity index (χ0v) is 12.1. The predicted octanol–water partition coefficient (Wildman–Crippen LogP) is 1.14. The summed E-state index contributed by atoms with van der Waals surface area (Å²) in [7, 11) is 0. The van der Waals surface area contributed by atoms with Gasteiger partial charge in [-0.05, 0) is 37.5 Å². The van der Waals surface area contributed by atoms with Gasteiger partial charge in [-0.3, -0.25) is 4.79 Å². The summed E-state index contributed by atoms with van der Waals surface area (Å²) in [5.41, 5.74) is 8.32. The van der Waals surface area contributed by atoms with Crippen LogP contribution in [0.15, 0.2) is 30.5 Å². The topological polar surface area (TPSA) is 77.0 Å². The molecule has 6 nitrogen and oxygen atoms in total. The van der Waals surface area contributed by atoms with Crippen molar-refractivity contribution in [1.29, 1.82) is 0 Å². The molecule has 0 radical (unpaired) electrons. The van der Waals surface area contributed by atoms with Gasteiger partial charge in [-0.25, -0.2) is 4.68 Å². The number of aryl methyl sites for hydroxylation is 1. The summed E-state index contributed by atoms with van der Waals surface area (Å²) >= 11 is 0. The number of aromatic nitrogens is 3. The SMILES string of the molecule is Cc1cccc(-n2cc(C(=O)N3CCC[C@H](N)C3)nn2)c1. The van der Waals surface area contributed by atoms with E-state index in [1.807, 2.05) is 31.2 Å². The van der Waals surface area contributed by atoms with E-state index in [1.54, 1.807) is 15.8 Å². The van der Waals surface area contributed by atoms with Crippen molar-refractivity contribution in [2.45, 2.75) is 25.8 Å². The number of carbonyl (C=O) groups is 1. The van der Waals surface area contributed by atoms with Crippen LogP contribution in [0.25, 0.3) is 5.69 Å². The molecule has 2 N–H and O–H groups in total. The molecule has 1 aliphatic heterocycles. The number of nitrogens with zero attached hydrogens (tertiary/aromatic N) is 4. The zero-order valence-electron chi connectivity index (χ0n) is 12.1. The summed E-state index contributed by atoms with van der Waals surface area (Å²) in [5, 5.41) is 8.05. The van der Waals surface area contributed by atoms with Crippen LogP contribution in [0.4, 0.5) is 0 Å². The molecule has 1 aromatic heterocycles. The van der Waals surface area contributed by atoms with Gasteiger partial charge in [0.2, 0.25) is 0 Å². The first-order valence-electron chi connectivity index (χ1n) is 7.18. The minimum Gasteiger partial charge on any atom is -0.336 e. The van der Waals surface area contributed by atoms with Gasteiger partial charge in [0.1, 0.15) is 0 Å². The van der Waals surface area contributed by atoms with Crippen molar-refractivity contribution in [2.24, 2.45) is 5.73 Å². The highest BCUT2D eigenvalue weighted by Crippen LogP contribution is 2.13. The third-order valence-electron chi connectivity index (χ3n) is 3.72. The highest BCUT2D eigenvalue weighted by molar-refractivity contribution is 5.92. The number of amides is 1. The van der Waals surface area contributed by atoms with Crippen molar-refractivity contribution in [1.82, 2.24) is 19.9 Å². The number of hydrogen-bond donors (Lipinski definition) is 1. The van der Waals surface area contributed by atoms with Crippen LogP contribution in [-0.2, 0) is 0 Å². The summed E-state index contributed by atoms with van der Waals surface area (Å²) in [4.78, 5) is 14.2. The molecule has 1 saturated heterocycles. The Morgan fingerprint density at radius 2 is 2.29 bits per heavy atom. The quantitative estimate of drug-likeness (QED) is 0.897. The van der Waals surface area contributed by atoms with Crippen LogP contribution in [0.3, 0.4) is 0 Å². The fraction of sp³-hybridized carbons (Fsp3) is 0.400. The Morgan fingerprint density at radius 1 is 1.43 bits per heavy atom. The molecule has 21 heavy (non-hydrogen) atoms. The molecule has 0 aliphatic carbocycles. The fourth-order valence-corrected chi connectivity index (χ4v) is 2.61. The van der Waals surface area contributed by atoms with E-state index >= 15 is 0 Å². The Morgan fingerprint density at radius 3 is 3.05 bits per heavy atom. The molecular weight excluding hydrogens is 266 g/mol. The van der Waals surface area contributed by atoms with Crippen molar-refractivity contribution in [3.05, 3.63) is 41.7 Å². The number of benzene rings is 1. The molecule has 1 aliphatic rings. The van der Waals surface area contributed by atoms with Gasteiger partial charge in [-0.15, -0.1) is 5.10 Å². The van der Waals surface area contributed by atoms with Gasteiger partial charge in [-0.2, -0.15) is 0 Å². The molecule has 0 unspecified atom stereocenters. The summed E-state index contributed by atoms with van der Waals surface area (Å²) in [6.07, 6.45) is 3.59. The van der Waals surface area contributed by atoms with Gasteiger partial charge in [0, 0.05) is 19.1 Å². The minimum atomic E-state index is -0.0935. The van der Waals surface area contributed by atoms with E-state index in [-0.39, 0.29) is 11.9 Å². The van der Waals surface area contributed by atoms with E-state index in [9.17, 15) is 4.79 Å².